The molecule has 25 heavy (non-hydrogen) atoms. The molecule has 2 aliphatic heterocycles. The van der Waals surface area contributed by atoms with Gasteiger partial charge in [-0.05, 0) is 30.2 Å². The van der Waals surface area contributed by atoms with E-state index in [-0.39, 0.29) is 31.1 Å². The molecule has 1 atom stereocenters. The number of carbonyl (C=O) groups is 2. The second-order valence-electron chi connectivity index (χ2n) is 5.96. The summed E-state index contributed by atoms with van der Waals surface area (Å²) in [6, 6.07) is 5.51. The number of rotatable bonds is 6. The molecule has 2 heterocycles. The van der Waals surface area contributed by atoms with Crippen LogP contribution in [-0.4, -0.2) is 55.9 Å². The van der Waals surface area contributed by atoms with Crippen molar-refractivity contribution in [3.8, 4) is 11.5 Å². The Morgan fingerprint density at radius 1 is 1.32 bits per heavy atom. The highest BCUT2D eigenvalue weighted by Gasteiger charge is 2.27. The topological polar surface area (TPSA) is 77.1 Å². The maximum absolute atomic E-state index is 12.2. The Hall–Kier alpha value is -2.54. The van der Waals surface area contributed by atoms with Crippen LogP contribution in [-0.2, 0) is 20.7 Å². The van der Waals surface area contributed by atoms with Gasteiger partial charge in [0.1, 0.15) is 0 Å². The summed E-state index contributed by atoms with van der Waals surface area (Å²) < 4.78 is 16.0. The number of amides is 2. The van der Waals surface area contributed by atoms with Gasteiger partial charge >= 0.3 is 0 Å². The second kappa shape index (κ2) is 8.02. The Balaban J connectivity index is 1.46. The molecule has 1 fully saturated rings. The van der Waals surface area contributed by atoms with E-state index < -0.39 is 0 Å². The highest BCUT2D eigenvalue weighted by atomic mass is 16.7. The van der Waals surface area contributed by atoms with Gasteiger partial charge in [-0.2, -0.15) is 0 Å². The fraction of sp³-hybridized carbons (Fsp3) is 0.444. The van der Waals surface area contributed by atoms with Crippen LogP contribution < -0.4 is 14.8 Å². The number of nitrogens with zero attached hydrogens (tertiary/aromatic N) is 1. The maximum Gasteiger partial charge on any atom is 0.246 e. The summed E-state index contributed by atoms with van der Waals surface area (Å²) in [5, 5.41) is 2.89. The molecule has 3 rings (SSSR count). The minimum absolute atomic E-state index is 0.0990. The lowest BCUT2D eigenvalue weighted by molar-refractivity contribution is -0.136. The van der Waals surface area contributed by atoms with E-state index >= 15 is 0 Å². The molecule has 0 spiro atoms. The van der Waals surface area contributed by atoms with E-state index in [9.17, 15) is 9.59 Å². The molecular formula is C18H22N2O5. The summed E-state index contributed by atoms with van der Waals surface area (Å²) in [5.74, 6) is 1.22. The third-order valence-electron chi connectivity index (χ3n) is 4.28. The lowest BCUT2D eigenvalue weighted by atomic mass is 10.1. The predicted octanol–water partition coefficient (Wildman–Crippen LogP) is 0.877. The molecule has 0 bridgehead atoms. The quantitative estimate of drug-likeness (QED) is 0.774. The molecule has 0 aromatic heterocycles. The highest BCUT2D eigenvalue weighted by molar-refractivity contribution is 5.88. The van der Waals surface area contributed by atoms with Crippen molar-refractivity contribution in [2.24, 2.45) is 0 Å². The SMILES string of the molecule is C=CC(=O)N1CCOCC1CC(=O)NCCc1ccc2c(c1)OCO2. The number of carbonyl (C=O) groups excluding carboxylic acids is 2. The van der Waals surface area contributed by atoms with Crippen LogP contribution in [0.2, 0.25) is 0 Å². The molecule has 0 radical (unpaired) electrons. The third kappa shape index (κ3) is 4.30. The molecule has 0 saturated carbocycles. The number of fused-ring (bicyclic) bond motifs is 1. The summed E-state index contributed by atoms with van der Waals surface area (Å²) in [6.45, 7) is 5.61. The Bertz CT molecular complexity index is 661. The standard InChI is InChI=1S/C18H22N2O5/c1-2-18(22)20-7-8-23-11-14(20)10-17(21)19-6-5-13-3-4-15-16(9-13)25-12-24-15/h2-4,9,14H,1,5-8,10-12H2,(H,19,21). The van der Waals surface area contributed by atoms with Crippen LogP contribution in [0.5, 0.6) is 11.5 Å². The molecule has 2 aliphatic rings. The number of ether oxygens (including phenoxy) is 3. The molecule has 134 valence electrons. The van der Waals surface area contributed by atoms with Crippen molar-refractivity contribution in [3.05, 3.63) is 36.4 Å². The van der Waals surface area contributed by atoms with E-state index in [4.69, 9.17) is 14.2 Å². The van der Waals surface area contributed by atoms with Gasteiger partial charge in [0.05, 0.1) is 19.3 Å². The van der Waals surface area contributed by atoms with Crippen molar-refractivity contribution in [1.82, 2.24) is 10.2 Å². The highest BCUT2D eigenvalue weighted by Crippen LogP contribution is 2.32. The largest absolute Gasteiger partial charge is 0.454 e. The molecule has 7 heteroatoms. The normalized spacial score (nSPS) is 18.7. The lowest BCUT2D eigenvalue weighted by Crippen LogP contribution is -2.50. The number of benzene rings is 1. The molecule has 1 aromatic rings. The fourth-order valence-electron chi connectivity index (χ4n) is 2.96. The lowest BCUT2D eigenvalue weighted by Gasteiger charge is -2.34. The molecule has 1 saturated heterocycles. The van der Waals surface area contributed by atoms with E-state index in [0.717, 1.165) is 17.1 Å². The van der Waals surface area contributed by atoms with Crippen LogP contribution in [0.1, 0.15) is 12.0 Å². The van der Waals surface area contributed by atoms with E-state index in [1.165, 1.54) is 6.08 Å². The van der Waals surface area contributed by atoms with Crippen molar-refractivity contribution in [1.29, 1.82) is 0 Å². The predicted molar refractivity (Wildman–Crippen MR) is 90.4 cm³/mol. The van der Waals surface area contributed by atoms with Crippen LogP contribution in [0, 0.1) is 0 Å². The Labute approximate surface area is 146 Å². The van der Waals surface area contributed by atoms with E-state index in [1.54, 1.807) is 4.90 Å². The van der Waals surface area contributed by atoms with Crippen LogP contribution in [0.25, 0.3) is 0 Å². The smallest absolute Gasteiger partial charge is 0.246 e. The van der Waals surface area contributed by atoms with Gasteiger partial charge in [-0.25, -0.2) is 0 Å². The first kappa shape index (κ1) is 17.3. The van der Waals surface area contributed by atoms with Crippen LogP contribution in [0.3, 0.4) is 0 Å². The molecule has 7 nitrogen and oxygen atoms in total. The average molecular weight is 346 g/mol. The van der Waals surface area contributed by atoms with Gasteiger partial charge in [-0.3, -0.25) is 9.59 Å². The number of hydrogen-bond donors (Lipinski definition) is 1. The molecule has 0 aliphatic carbocycles. The first-order valence-electron chi connectivity index (χ1n) is 8.33. The monoisotopic (exact) mass is 346 g/mol. The number of hydrogen-bond acceptors (Lipinski definition) is 5. The Morgan fingerprint density at radius 3 is 3.00 bits per heavy atom. The van der Waals surface area contributed by atoms with Gasteiger partial charge < -0.3 is 24.4 Å². The number of morpholine rings is 1. The fourth-order valence-corrected chi connectivity index (χ4v) is 2.96. The molecule has 2 amide bonds. The summed E-state index contributed by atoms with van der Waals surface area (Å²) >= 11 is 0. The van der Waals surface area contributed by atoms with Crippen molar-refractivity contribution >= 4 is 11.8 Å². The summed E-state index contributed by atoms with van der Waals surface area (Å²) in [5.41, 5.74) is 1.06. The molecule has 1 aromatic carbocycles. The minimum Gasteiger partial charge on any atom is -0.454 e. The first-order valence-corrected chi connectivity index (χ1v) is 8.33. The third-order valence-corrected chi connectivity index (χ3v) is 4.28. The van der Waals surface area contributed by atoms with E-state index in [2.05, 4.69) is 11.9 Å². The van der Waals surface area contributed by atoms with Gasteiger partial charge in [-0.15, -0.1) is 0 Å². The zero-order valence-corrected chi connectivity index (χ0v) is 14.0. The Morgan fingerprint density at radius 2 is 2.16 bits per heavy atom. The van der Waals surface area contributed by atoms with Crippen LogP contribution >= 0.6 is 0 Å². The number of nitrogens with one attached hydrogen (secondary N) is 1. The van der Waals surface area contributed by atoms with E-state index in [1.807, 2.05) is 18.2 Å². The zero-order valence-electron chi connectivity index (χ0n) is 14.0. The van der Waals surface area contributed by atoms with Crippen LogP contribution in [0.4, 0.5) is 0 Å². The van der Waals surface area contributed by atoms with Crippen molar-refractivity contribution in [3.63, 3.8) is 0 Å². The van der Waals surface area contributed by atoms with Gasteiger partial charge in [-0.1, -0.05) is 12.6 Å². The van der Waals surface area contributed by atoms with Gasteiger partial charge in [0.2, 0.25) is 18.6 Å². The minimum atomic E-state index is -0.246. The summed E-state index contributed by atoms with van der Waals surface area (Å²) in [6.07, 6.45) is 2.19. The van der Waals surface area contributed by atoms with Gasteiger partial charge in [0.25, 0.3) is 0 Å². The van der Waals surface area contributed by atoms with Gasteiger partial charge in [0.15, 0.2) is 11.5 Å². The first-order chi connectivity index (χ1) is 12.2. The van der Waals surface area contributed by atoms with Crippen LogP contribution in [0.15, 0.2) is 30.9 Å². The van der Waals surface area contributed by atoms with E-state index in [0.29, 0.717) is 32.7 Å². The summed E-state index contributed by atoms with van der Waals surface area (Å²) in [7, 11) is 0. The van der Waals surface area contributed by atoms with Crippen molar-refractivity contribution < 1.29 is 23.8 Å². The second-order valence-corrected chi connectivity index (χ2v) is 5.96. The van der Waals surface area contributed by atoms with Crippen molar-refractivity contribution in [2.45, 2.75) is 18.9 Å². The molecular weight excluding hydrogens is 324 g/mol. The van der Waals surface area contributed by atoms with Gasteiger partial charge in [0, 0.05) is 19.5 Å². The zero-order chi connectivity index (χ0) is 17.6. The summed E-state index contributed by atoms with van der Waals surface area (Å²) in [4.78, 5) is 25.7. The average Bonchev–Trinajstić information content (AvgIpc) is 3.09. The Kier molecular flexibility index (Phi) is 5.55. The molecule has 1 unspecified atom stereocenters. The maximum atomic E-state index is 12.2. The molecule has 1 N–H and O–H groups in total. The van der Waals surface area contributed by atoms with Crippen molar-refractivity contribution in [2.75, 3.05) is 33.1 Å².